The van der Waals surface area contributed by atoms with Crippen LogP contribution in [0.25, 0.3) is 0 Å². The minimum Gasteiger partial charge on any atom is -0.452 e. The first kappa shape index (κ1) is 20.1. The smallest absolute Gasteiger partial charge is 0.338 e. The number of likely N-dealkylation sites (N-methyl/N-ethyl adjacent to an activating group) is 1. The van der Waals surface area contributed by atoms with E-state index < -0.39 is 24.3 Å². The first-order valence-corrected chi connectivity index (χ1v) is 8.45. The zero-order chi connectivity index (χ0) is 19.8. The van der Waals surface area contributed by atoms with Gasteiger partial charge in [-0.25, -0.2) is 9.18 Å². The largest absolute Gasteiger partial charge is 0.452 e. The lowest BCUT2D eigenvalue weighted by atomic mass is 10.1. The molecule has 0 spiro atoms. The van der Waals surface area contributed by atoms with E-state index in [0.29, 0.717) is 5.69 Å². The molecule has 0 radical (unpaired) electrons. The highest BCUT2D eigenvalue weighted by atomic mass is 19.1. The Bertz CT molecular complexity index is 821. The average molecular weight is 372 g/mol. The molecule has 0 aliphatic carbocycles. The molecule has 0 saturated carbocycles. The van der Waals surface area contributed by atoms with E-state index in [2.05, 4.69) is 5.32 Å². The van der Waals surface area contributed by atoms with Crippen molar-refractivity contribution >= 4 is 23.5 Å². The molecular weight excluding hydrogens is 351 g/mol. The van der Waals surface area contributed by atoms with Crippen molar-refractivity contribution < 1.29 is 23.5 Å². The molecule has 0 aliphatic rings. The topological polar surface area (TPSA) is 75.7 Å². The van der Waals surface area contributed by atoms with E-state index >= 15 is 0 Å². The maximum Gasteiger partial charge on any atom is 0.338 e. The molecule has 6 nitrogen and oxygen atoms in total. The second-order valence-corrected chi connectivity index (χ2v) is 5.89. The number of carbonyl (C=O) groups is 3. The Morgan fingerprint density at radius 1 is 1.07 bits per heavy atom. The van der Waals surface area contributed by atoms with Gasteiger partial charge in [-0.3, -0.25) is 9.59 Å². The van der Waals surface area contributed by atoms with Gasteiger partial charge in [-0.2, -0.15) is 0 Å². The third-order valence-electron chi connectivity index (χ3n) is 3.89. The van der Waals surface area contributed by atoms with E-state index in [1.807, 2.05) is 25.1 Å². The van der Waals surface area contributed by atoms with Gasteiger partial charge in [-0.1, -0.05) is 25.1 Å². The maximum absolute atomic E-state index is 12.8. The van der Waals surface area contributed by atoms with Crippen LogP contribution in [0.2, 0.25) is 0 Å². The number of rotatable bonds is 7. The summed E-state index contributed by atoms with van der Waals surface area (Å²) < 4.78 is 17.7. The summed E-state index contributed by atoms with van der Waals surface area (Å²) >= 11 is 0. The van der Waals surface area contributed by atoms with Crippen molar-refractivity contribution in [2.75, 3.05) is 25.5 Å². The van der Waals surface area contributed by atoms with Crippen molar-refractivity contribution in [1.29, 1.82) is 0 Å². The molecule has 1 N–H and O–H groups in total. The molecule has 0 heterocycles. The summed E-state index contributed by atoms with van der Waals surface area (Å²) in [6, 6.07) is 12.2. The van der Waals surface area contributed by atoms with Crippen LogP contribution in [0.4, 0.5) is 10.1 Å². The van der Waals surface area contributed by atoms with Gasteiger partial charge in [0.2, 0.25) is 5.91 Å². The fraction of sp³-hybridized carbons (Fsp3) is 0.250. The number of nitrogens with zero attached hydrogens (tertiary/aromatic N) is 1. The molecule has 2 rings (SSSR count). The molecule has 27 heavy (non-hydrogen) atoms. The number of halogens is 1. The zero-order valence-electron chi connectivity index (χ0n) is 15.2. The number of para-hydroxylation sites is 1. The van der Waals surface area contributed by atoms with Crippen molar-refractivity contribution in [3.63, 3.8) is 0 Å². The molecule has 7 heteroatoms. The maximum atomic E-state index is 12.8. The first-order valence-electron chi connectivity index (χ1n) is 8.45. The van der Waals surface area contributed by atoms with Gasteiger partial charge in [0.1, 0.15) is 5.82 Å². The standard InChI is InChI=1S/C20H21FN2O4/c1-3-14-6-4-5-7-17(14)22-18(24)12-23(2)19(25)13-27-20(26)15-8-10-16(21)11-9-15/h4-11H,3,12-13H2,1-2H3,(H,22,24). The number of hydrogen-bond donors (Lipinski definition) is 1. The van der Waals surface area contributed by atoms with Crippen LogP contribution in [0.1, 0.15) is 22.8 Å². The number of carbonyl (C=O) groups excluding carboxylic acids is 3. The minimum absolute atomic E-state index is 0.140. The van der Waals surface area contributed by atoms with E-state index in [-0.39, 0.29) is 18.0 Å². The summed E-state index contributed by atoms with van der Waals surface area (Å²) in [6.07, 6.45) is 0.768. The summed E-state index contributed by atoms with van der Waals surface area (Å²) in [7, 11) is 1.44. The van der Waals surface area contributed by atoms with Crippen LogP contribution in [0.3, 0.4) is 0 Å². The Labute approximate surface area is 156 Å². The van der Waals surface area contributed by atoms with Crippen molar-refractivity contribution in [3.05, 3.63) is 65.5 Å². The van der Waals surface area contributed by atoms with Crippen molar-refractivity contribution in [3.8, 4) is 0 Å². The Hall–Kier alpha value is -3.22. The van der Waals surface area contributed by atoms with Gasteiger partial charge < -0.3 is 15.0 Å². The minimum atomic E-state index is -0.738. The lowest BCUT2D eigenvalue weighted by molar-refractivity contribution is -0.136. The third-order valence-corrected chi connectivity index (χ3v) is 3.89. The first-order chi connectivity index (χ1) is 12.9. The summed E-state index contributed by atoms with van der Waals surface area (Å²) in [5, 5.41) is 2.77. The van der Waals surface area contributed by atoms with E-state index in [1.54, 1.807) is 6.07 Å². The van der Waals surface area contributed by atoms with Crippen molar-refractivity contribution in [2.24, 2.45) is 0 Å². The molecule has 2 amide bonds. The summed E-state index contributed by atoms with van der Waals surface area (Å²) in [6.45, 7) is 1.30. The Kier molecular flexibility index (Phi) is 7.05. The average Bonchev–Trinajstić information content (AvgIpc) is 2.66. The Balaban J connectivity index is 1.83. The van der Waals surface area contributed by atoms with Gasteiger partial charge in [0, 0.05) is 12.7 Å². The molecule has 0 atom stereocenters. The number of benzene rings is 2. The number of esters is 1. The highest BCUT2D eigenvalue weighted by molar-refractivity contribution is 5.96. The predicted octanol–water partition coefficient (Wildman–Crippen LogP) is 2.64. The third kappa shape index (κ3) is 5.91. The number of aryl methyl sites for hydroxylation is 1. The van der Waals surface area contributed by atoms with Crippen molar-refractivity contribution in [1.82, 2.24) is 4.90 Å². The zero-order valence-corrected chi connectivity index (χ0v) is 15.2. The van der Waals surface area contributed by atoms with E-state index in [1.165, 1.54) is 24.1 Å². The molecule has 2 aromatic rings. The van der Waals surface area contributed by atoms with Crippen LogP contribution in [-0.4, -0.2) is 42.9 Å². The molecule has 0 aromatic heterocycles. The van der Waals surface area contributed by atoms with Gasteiger partial charge in [0.15, 0.2) is 6.61 Å². The second-order valence-electron chi connectivity index (χ2n) is 5.89. The highest BCUT2D eigenvalue weighted by Gasteiger charge is 2.16. The quantitative estimate of drug-likeness (QED) is 0.758. The van der Waals surface area contributed by atoms with Gasteiger partial charge in [0.05, 0.1) is 12.1 Å². The van der Waals surface area contributed by atoms with Gasteiger partial charge in [0.25, 0.3) is 5.91 Å². The van der Waals surface area contributed by atoms with E-state index in [9.17, 15) is 18.8 Å². The van der Waals surface area contributed by atoms with Crippen LogP contribution in [-0.2, 0) is 20.7 Å². The predicted molar refractivity (Wildman–Crippen MR) is 98.8 cm³/mol. The van der Waals surface area contributed by atoms with Gasteiger partial charge in [-0.15, -0.1) is 0 Å². The van der Waals surface area contributed by atoms with Crippen molar-refractivity contribution in [2.45, 2.75) is 13.3 Å². The molecule has 0 bridgehead atoms. The number of nitrogens with one attached hydrogen (secondary N) is 1. The van der Waals surface area contributed by atoms with Crippen LogP contribution < -0.4 is 5.32 Å². The fourth-order valence-corrected chi connectivity index (χ4v) is 2.35. The lowest BCUT2D eigenvalue weighted by Crippen LogP contribution is -2.37. The summed E-state index contributed by atoms with van der Waals surface area (Å²) in [5.74, 6) is -2.09. The monoisotopic (exact) mass is 372 g/mol. The number of anilines is 1. The lowest BCUT2D eigenvalue weighted by Gasteiger charge is -2.17. The number of amides is 2. The molecule has 2 aromatic carbocycles. The van der Waals surface area contributed by atoms with Gasteiger partial charge >= 0.3 is 5.97 Å². The fourth-order valence-electron chi connectivity index (χ4n) is 2.35. The molecule has 0 saturated heterocycles. The SMILES string of the molecule is CCc1ccccc1NC(=O)CN(C)C(=O)COC(=O)c1ccc(F)cc1. The summed E-state index contributed by atoms with van der Waals surface area (Å²) in [5.41, 5.74) is 1.84. The Morgan fingerprint density at radius 3 is 2.41 bits per heavy atom. The van der Waals surface area contributed by atoms with Crippen LogP contribution in [0.15, 0.2) is 48.5 Å². The number of hydrogen-bond acceptors (Lipinski definition) is 4. The second kappa shape index (κ2) is 9.47. The Morgan fingerprint density at radius 2 is 1.74 bits per heavy atom. The highest BCUT2D eigenvalue weighted by Crippen LogP contribution is 2.15. The van der Waals surface area contributed by atoms with Crippen LogP contribution in [0, 0.1) is 5.82 Å². The van der Waals surface area contributed by atoms with Crippen LogP contribution >= 0.6 is 0 Å². The van der Waals surface area contributed by atoms with Crippen LogP contribution in [0.5, 0.6) is 0 Å². The molecule has 0 unspecified atom stereocenters. The molecular formula is C20H21FN2O4. The molecule has 0 fully saturated rings. The van der Waals surface area contributed by atoms with E-state index in [4.69, 9.17) is 4.74 Å². The molecule has 142 valence electrons. The number of ether oxygens (including phenoxy) is 1. The van der Waals surface area contributed by atoms with Gasteiger partial charge in [-0.05, 0) is 42.3 Å². The normalized spacial score (nSPS) is 10.2. The summed E-state index contributed by atoms with van der Waals surface area (Å²) in [4.78, 5) is 37.2. The molecule has 0 aliphatic heterocycles. The van der Waals surface area contributed by atoms with E-state index in [0.717, 1.165) is 24.1 Å².